The average molecular weight is 278 g/mol. The van der Waals surface area contributed by atoms with Gasteiger partial charge in [0, 0.05) is 15.4 Å². The Morgan fingerprint density at radius 2 is 1.94 bits per heavy atom. The third-order valence-electron chi connectivity index (χ3n) is 2.41. The molecular formula is C14H12ClNOS. The lowest BCUT2D eigenvalue weighted by atomic mass is 10.1. The van der Waals surface area contributed by atoms with Crippen molar-refractivity contribution in [3.8, 4) is 0 Å². The lowest BCUT2D eigenvalue weighted by Crippen LogP contribution is -2.13. The van der Waals surface area contributed by atoms with E-state index in [1.165, 1.54) is 11.8 Å². The van der Waals surface area contributed by atoms with E-state index in [1.807, 2.05) is 42.5 Å². The summed E-state index contributed by atoms with van der Waals surface area (Å²) >= 11 is 7.63. The summed E-state index contributed by atoms with van der Waals surface area (Å²) in [6, 6.07) is 15.0. The van der Waals surface area contributed by atoms with E-state index in [9.17, 15) is 4.79 Å². The molecule has 4 heteroatoms. The maximum atomic E-state index is 11.5. The number of halogens is 1. The van der Waals surface area contributed by atoms with Crippen molar-refractivity contribution >= 4 is 29.1 Å². The first-order valence-corrected chi connectivity index (χ1v) is 6.66. The fourth-order valence-corrected chi connectivity index (χ4v) is 2.66. The molecule has 0 aliphatic heterocycles. The molecular weight excluding hydrogens is 266 g/mol. The Kier molecular flexibility index (Phi) is 4.42. The molecule has 2 nitrogen and oxygen atoms in total. The molecule has 2 N–H and O–H groups in total. The van der Waals surface area contributed by atoms with Gasteiger partial charge < -0.3 is 5.73 Å². The SMILES string of the molecule is NCC(=O)c1cccc(Sc2ccccc2Cl)c1. The minimum atomic E-state index is -0.0587. The van der Waals surface area contributed by atoms with Crippen molar-refractivity contribution in [2.24, 2.45) is 5.73 Å². The molecule has 0 atom stereocenters. The van der Waals surface area contributed by atoms with Gasteiger partial charge in [0.2, 0.25) is 0 Å². The number of benzene rings is 2. The van der Waals surface area contributed by atoms with Crippen LogP contribution in [0.15, 0.2) is 58.3 Å². The van der Waals surface area contributed by atoms with Crippen molar-refractivity contribution in [2.45, 2.75) is 9.79 Å². The molecule has 18 heavy (non-hydrogen) atoms. The number of nitrogens with two attached hydrogens (primary N) is 1. The lowest BCUT2D eigenvalue weighted by Gasteiger charge is -2.05. The molecule has 0 saturated carbocycles. The molecule has 0 unspecified atom stereocenters. The summed E-state index contributed by atoms with van der Waals surface area (Å²) < 4.78 is 0. The Morgan fingerprint density at radius 3 is 2.67 bits per heavy atom. The predicted molar refractivity (Wildman–Crippen MR) is 75.4 cm³/mol. The maximum absolute atomic E-state index is 11.5. The van der Waals surface area contributed by atoms with Crippen LogP contribution < -0.4 is 5.73 Å². The summed E-state index contributed by atoms with van der Waals surface area (Å²) in [7, 11) is 0. The Labute approximate surface area is 115 Å². The van der Waals surface area contributed by atoms with Crippen LogP contribution in [0, 0.1) is 0 Å². The van der Waals surface area contributed by atoms with Crippen molar-refractivity contribution in [2.75, 3.05) is 6.54 Å². The monoisotopic (exact) mass is 277 g/mol. The third kappa shape index (κ3) is 3.13. The zero-order chi connectivity index (χ0) is 13.0. The van der Waals surface area contributed by atoms with Crippen molar-refractivity contribution in [1.82, 2.24) is 0 Å². The quantitative estimate of drug-likeness (QED) is 0.868. The second-order valence-electron chi connectivity index (χ2n) is 3.69. The summed E-state index contributed by atoms with van der Waals surface area (Å²) in [5, 5.41) is 0.707. The van der Waals surface area contributed by atoms with Gasteiger partial charge in [0.15, 0.2) is 5.78 Å². The summed E-state index contributed by atoms with van der Waals surface area (Å²) in [5.74, 6) is -0.0587. The summed E-state index contributed by atoms with van der Waals surface area (Å²) in [5.41, 5.74) is 5.99. The van der Waals surface area contributed by atoms with Crippen molar-refractivity contribution < 1.29 is 4.79 Å². The van der Waals surface area contributed by atoms with E-state index in [2.05, 4.69) is 0 Å². The fourth-order valence-electron chi connectivity index (χ4n) is 1.51. The van der Waals surface area contributed by atoms with Gasteiger partial charge in [-0.2, -0.15) is 0 Å². The highest BCUT2D eigenvalue weighted by Gasteiger charge is 2.06. The first kappa shape index (κ1) is 13.1. The third-order valence-corrected chi connectivity index (χ3v) is 3.91. The Balaban J connectivity index is 2.25. The minimum absolute atomic E-state index is 0.0280. The van der Waals surface area contributed by atoms with Crippen molar-refractivity contribution in [3.63, 3.8) is 0 Å². The van der Waals surface area contributed by atoms with Crippen LogP contribution >= 0.6 is 23.4 Å². The Bertz CT molecular complexity index is 571. The Hall–Kier alpha value is -1.29. The second kappa shape index (κ2) is 6.05. The number of Topliss-reactive ketones (excluding diaryl/α,β-unsaturated/α-hetero) is 1. The molecule has 2 rings (SSSR count). The molecule has 0 aliphatic rings. The van der Waals surface area contributed by atoms with E-state index >= 15 is 0 Å². The van der Waals surface area contributed by atoms with Gasteiger partial charge >= 0.3 is 0 Å². The highest BCUT2D eigenvalue weighted by atomic mass is 35.5. The van der Waals surface area contributed by atoms with E-state index < -0.39 is 0 Å². The van der Waals surface area contributed by atoms with E-state index in [1.54, 1.807) is 6.07 Å². The molecule has 92 valence electrons. The first-order valence-electron chi connectivity index (χ1n) is 5.46. The van der Waals surface area contributed by atoms with E-state index in [4.69, 9.17) is 17.3 Å². The molecule has 2 aromatic carbocycles. The number of ketones is 1. The smallest absolute Gasteiger partial charge is 0.176 e. The van der Waals surface area contributed by atoms with Crippen LogP contribution in [0.25, 0.3) is 0 Å². The molecule has 0 amide bonds. The van der Waals surface area contributed by atoms with Crippen molar-refractivity contribution in [1.29, 1.82) is 0 Å². The van der Waals surface area contributed by atoms with Gasteiger partial charge in [-0.05, 0) is 24.3 Å². The molecule has 0 fully saturated rings. The molecule has 0 bridgehead atoms. The highest BCUT2D eigenvalue weighted by molar-refractivity contribution is 7.99. The van der Waals surface area contributed by atoms with E-state index in [-0.39, 0.29) is 12.3 Å². The van der Waals surface area contributed by atoms with Crippen LogP contribution in [0.2, 0.25) is 5.02 Å². The Morgan fingerprint density at radius 1 is 1.17 bits per heavy atom. The van der Waals surface area contributed by atoms with Crippen LogP contribution in [0.5, 0.6) is 0 Å². The van der Waals surface area contributed by atoms with Gasteiger partial charge in [0.05, 0.1) is 11.6 Å². The number of carbonyl (C=O) groups is 1. The molecule has 0 saturated heterocycles. The predicted octanol–water partition coefficient (Wildman–Crippen LogP) is 3.63. The number of hydrogen-bond acceptors (Lipinski definition) is 3. The topological polar surface area (TPSA) is 43.1 Å². The van der Waals surface area contributed by atoms with Gasteiger partial charge in [0.25, 0.3) is 0 Å². The molecule has 0 radical (unpaired) electrons. The second-order valence-corrected chi connectivity index (χ2v) is 5.21. The van der Waals surface area contributed by atoms with E-state index in [0.29, 0.717) is 10.6 Å². The molecule has 2 aromatic rings. The van der Waals surface area contributed by atoms with Crippen LogP contribution in [0.1, 0.15) is 10.4 Å². The van der Waals surface area contributed by atoms with Gasteiger partial charge in [-0.25, -0.2) is 0 Å². The standard InChI is InChI=1S/C14H12ClNOS/c15-12-6-1-2-7-14(12)18-11-5-3-4-10(8-11)13(17)9-16/h1-8H,9,16H2. The highest BCUT2D eigenvalue weighted by Crippen LogP contribution is 2.33. The van der Waals surface area contributed by atoms with Gasteiger partial charge in [-0.3, -0.25) is 4.79 Å². The van der Waals surface area contributed by atoms with Crippen LogP contribution in [0.4, 0.5) is 0 Å². The molecule has 0 aliphatic carbocycles. The van der Waals surface area contributed by atoms with Crippen molar-refractivity contribution in [3.05, 3.63) is 59.1 Å². The van der Waals surface area contributed by atoms with Crippen LogP contribution in [-0.2, 0) is 0 Å². The van der Waals surface area contributed by atoms with Gasteiger partial charge in [-0.1, -0.05) is 47.6 Å². The summed E-state index contributed by atoms with van der Waals surface area (Å²) in [4.78, 5) is 13.5. The first-order chi connectivity index (χ1) is 8.70. The number of hydrogen-bond donors (Lipinski definition) is 1. The lowest BCUT2D eigenvalue weighted by molar-refractivity contribution is 0.100. The average Bonchev–Trinajstić information content (AvgIpc) is 2.41. The maximum Gasteiger partial charge on any atom is 0.176 e. The summed E-state index contributed by atoms with van der Waals surface area (Å²) in [6.45, 7) is 0.0280. The zero-order valence-electron chi connectivity index (χ0n) is 9.60. The zero-order valence-corrected chi connectivity index (χ0v) is 11.2. The normalized spacial score (nSPS) is 10.3. The number of carbonyl (C=O) groups excluding carboxylic acids is 1. The van der Waals surface area contributed by atoms with E-state index in [0.717, 1.165) is 9.79 Å². The fraction of sp³-hybridized carbons (Fsp3) is 0.0714. The summed E-state index contributed by atoms with van der Waals surface area (Å²) in [6.07, 6.45) is 0. The largest absolute Gasteiger partial charge is 0.324 e. The van der Waals surface area contributed by atoms with Crippen LogP contribution in [-0.4, -0.2) is 12.3 Å². The molecule has 0 aromatic heterocycles. The number of rotatable bonds is 4. The molecule has 0 spiro atoms. The van der Waals surface area contributed by atoms with Gasteiger partial charge in [0.1, 0.15) is 0 Å². The van der Waals surface area contributed by atoms with Gasteiger partial charge in [-0.15, -0.1) is 0 Å². The van der Waals surface area contributed by atoms with Crippen LogP contribution in [0.3, 0.4) is 0 Å². The molecule has 0 heterocycles. The minimum Gasteiger partial charge on any atom is -0.324 e.